The number of aromatic nitrogens is 1. The van der Waals surface area contributed by atoms with E-state index in [-0.39, 0.29) is 5.82 Å². The normalized spacial score (nSPS) is 12.7. The number of aliphatic hydroxyl groups is 1. The minimum atomic E-state index is -0.744. The molecule has 4 heteroatoms. The lowest BCUT2D eigenvalue weighted by Gasteiger charge is -2.11. The maximum atomic E-state index is 12.8. The Labute approximate surface area is 94.9 Å². The fourth-order valence-corrected chi connectivity index (χ4v) is 1.98. The van der Waals surface area contributed by atoms with Gasteiger partial charge in [0, 0.05) is 22.4 Å². The lowest BCUT2D eigenvalue weighted by molar-refractivity contribution is 0.219. The van der Waals surface area contributed by atoms with Crippen molar-refractivity contribution in [3.05, 3.63) is 58.1 Å². The second-order valence-corrected chi connectivity index (χ2v) is 4.07. The van der Waals surface area contributed by atoms with E-state index in [4.69, 9.17) is 0 Å². The van der Waals surface area contributed by atoms with Crippen LogP contribution in [0.1, 0.15) is 17.2 Å². The van der Waals surface area contributed by atoms with Crippen molar-refractivity contribution < 1.29 is 9.50 Å². The van der Waals surface area contributed by atoms with Crippen molar-refractivity contribution in [3.63, 3.8) is 0 Å². The summed E-state index contributed by atoms with van der Waals surface area (Å²) in [5, 5.41) is 9.98. The zero-order valence-corrected chi connectivity index (χ0v) is 9.33. The molecule has 78 valence electrons. The molecule has 2 aromatic rings. The molecule has 0 radical (unpaired) electrons. The minimum absolute atomic E-state index is 0.327. The zero-order chi connectivity index (χ0) is 10.8. The molecule has 0 amide bonds. The number of halogens is 2. The Balaban J connectivity index is 2.38. The molecule has 1 atom stereocenters. The number of aromatic amines is 1. The van der Waals surface area contributed by atoms with Crippen LogP contribution in [0.3, 0.4) is 0 Å². The third kappa shape index (κ3) is 2.11. The van der Waals surface area contributed by atoms with Crippen LogP contribution in [0.2, 0.25) is 0 Å². The van der Waals surface area contributed by atoms with Crippen LogP contribution >= 0.6 is 15.9 Å². The lowest BCUT2D eigenvalue weighted by atomic mass is 10.0. The molecule has 0 bridgehead atoms. The average Bonchev–Trinajstić information content (AvgIpc) is 2.69. The molecule has 0 aliphatic carbocycles. The SMILES string of the molecule is OC(c1cc[nH]c1)c1ccc(F)cc1Br. The van der Waals surface area contributed by atoms with E-state index in [2.05, 4.69) is 20.9 Å². The van der Waals surface area contributed by atoms with Crippen LogP contribution in [0.5, 0.6) is 0 Å². The number of hydrogen-bond acceptors (Lipinski definition) is 1. The standard InChI is InChI=1S/C11H9BrFNO/c12-10-5-8(13)1-2-9(10)11(15)7-3-4-14-6-7/h1-6,11,14-15H. The summed E-state index contributed by atoms with van der Waals surface area (Å²) in [4.78, 5) is 2.86. The number of H-pyrrole nitrogens is 1. The molecule has 1 heterocycles. The van der Waals surface area contributed by atoms with E-state index in [0.29, 0.717) is 10.0 Å². The summed E-state index contributed by atoms with van der Waals surface area (Å²) < 4.78 is 13.4. The van der Waals surface area contributed by atoms with Gasteiger partial charge in [0.05, 0.1) is 0 Å². The van der Waals surface area contributed by atoms with Crippen molar-refractivity contribution in [2.24, 2.45) is 0 Å². The summed E-state index contributed by atoms with van der Waals surface area (Å²) in [6, 6.07) is 6.01. The molecule has 0 saturated carbocycles. The second kappa shape index (κ2) is 4.16. The van der Waals surface area contributed by atoms with Crippen LogP contribution < -0.4 is 0 Å². The summed E-state index contributed by atoms with van der Waals surface area (Å²) >= 11 is 3.22. The van der Waals surface area contributed by atoms with Gasteiger partial charge in [-0.05, 0) is 23.8 Å². The monoisotopic (exact) mass is 269 g/mol. The molecule has 0 fully saturated rings. The van der Waals surface area contributed by atoms with Gasteiger partial charge in [-0.1, -0.05) is 22.0 Å². The van der Waals surface area contributed by atoms with E-state index in [9.17, 15) is 9.50 Å². The first-order valence-electron chi connectivity index (χ1n) is 4.44. The molecular weight excluding hydrogens is 261 g/mol. The number of aliphatic hydroxyl groups excluding tert-OH is 1. The highest BCUT2D eigenvalue weighted by Gasteiger charge is 2.14. The Bertz CT molecular complexity index is 456. The summed E-state index contributed by atoms with van der Waals surface area (Å²) in [5.41, 5.74) is 1.40. The molecular formula is C11H9BrFNO. The third-order valence-electron chi connectivity index (χ3n) is 2.19. The van der Waals surface area contributed by atoms with Gasteiger partial charge < -0.3 is 10.1 Å². The minimum Gasteiger partial charge on any atom is -0.384 e. The third-order valence-corrected chi connectivity index (χ3v) is 2.88. The Morgan fingerprint density at radius 3 is 2.73 bits per heavy atom. The number of hydrogen-bond donors (Lipinski definition) is 2. The molecule has 0 aliphatic heterocycles. The predicted octanol–water partition coefficient (Wildman–Crippen LogP) is 3.00. The molecule has 2 nitrogen and oxygen atoms in total. The van der Waals surface area contributed by atoms with Crippen molar-refractivity contribution >= 4 is 15.9 Å². The maximum Gasteiger partial charge on any atom is 0.124 e. The summed E-state index contributed by atoms with van der Waals surface area (Å²) in [6.07, 6.45) is 2.70. The lowest BCUT2D eigenvalue weighted by Crippen LogP contribution is -1.99. The summed E-state index contributed by atoms with van der Waals surface area (Å²) in [7, 11) is 0. The smallest absolute Gasteiger partial charge is 0.124 e. The van der Waals surface area contributed by atoms with Crippen molar-refractivity contribution in [2.45, 2.75) is 6.10 Å². The molecule has 15 heavy (non-hydrogen) atoms. The van der Waals surface area contributed by atoms with Crippen molar-refractivity contribution in [1.82, 2.24) is 4.98 Å². The Morgan fingerprint density at radius 2 is 2.13 bits per heavy atom. The number of rotatable bonds is 2. The molecule has 1 aromatic heterocycles. The fraction of sp³-hybridized carbons (Fsp3) is 0.0909. The Hall–Kier alpha value is -1.13. The van der Waals surface area contributed by atoms with Gasteiger partial charge in [-0.2, -0.15) is 0 Å². The van der Waals surface area contributed by atoms with Crippen molar-refractivity contribution in [2.75, 3.05) is 0 Å². The first kappa shape index (κ1) is 10.4. The van der Waals surface area contributed by atoms with E-state index in [1.54, 1.807) is 24.5 Å². The van der Waals surface area contributed by atoms with Crippen LogP contribution in [0.4, 0.5) is 4.39 Å². The van der Waals surface area contributed by atoms with Crippen LogP contribution in [0.25, 0.3) is 0 Å². The molecule has 0 spiro atoms. The summed E-state index contributed by atoms with van der Waals surface area (Å²) in [6.45, 7) is 0. The quantitative estimate of drug-likeness (QED) is 0.864. The van der Waals surface area contributed by atoms with Gasteiger partial charge in [0.15, 0.2) is 0 Å². The molecule has 1 unspecified atom stereocenters. The van der Waals surface area contributed by atoms with Gasteiger partial charge in [0.1, 0.15) is 11.9 Å². The van der Waals surface area contributed by atoms with E-state index < -0.39 is 6.10 Å². The second-order valence-electron chi connectivity index (χ2n) is 3.21. The van der Waals surface area contributed by atoms with Gasteiger partial charge in [0.25, 0.3) is 0 Å². The van der Waals surface area contributed by atoms with Gasteiger partial charge in [-0.3, -0.25) is 0 Å². The van der Waals surface area contributed by atoms with Crippen molar-refractivity contribution in [1.29, 1.82) is 0 Å². The molecule has 0 aliphatic rings. The average molecular weight is 270 g/mol. The molecule has 2 rings (SSSR count). The van der Waals surface area contributed by atoms with Gasteiger partial charge >= 0.3 is 0 Å². The largest absolute Gasteiger partial charge is 0.384 e. The summed E-state index contributed by atoms with van der Waals surface area (Å²) in [5.74, 6) is -0.327. The highest BCUT2D eigenvalue weighted by Crippen LogP contribution is 2.28. The van der Waals surface area contributed by atoms with Crippen molar-refractivity contribution in [3.8, 4) is 0 Å². The van der Waals surface area contributed by atoms with Crippen LogP contribution in [-0.4, -0.2) is 10.1 Å². The first-order valence-corrected chi connectivity index (χ1v) is 5.23. The first-order chi connectivity index (χ1) is 7.18. The van der Waals surface area contributed by atoms with E-state index in [1.807, 2.05) is 0 Å². The Morgan fingerprint density at radius 1 is 1.33 bits per heavy atom. The topological polar surface area (TPSA) is 36.0 Å². The highest BCUT2D eigenvalue weighted by molar-refractivity contribution is 9.10. The highest BCUT2D eigenvalue weighted by atomic mass is 79.9. The van der Waals surface area contributed by atoms with Crippen LogP contribution in [0, 0.1) is 5.82 Å². The number of nitrogens with one attached hydrogen (secondary N) is 1. The maximum absolute atomic E-state index is 12.8. The van der Waals surface area contributed by atoms with Crippen LogP contribution in [-0.2, 0) is 0 Å². The molecule has 0 saturated heterocycles. The fourth-order valence-electron chi connectivity index (χ4n) is 1.41. The zero-order valence-electron chi connectivity index (χ0n) is 7.74. The van der Waals surface area contributed by atoms with Gasteiger partial charge in [0.2, 0.25) is 0 Å². The Kier molecular flexibility index (Phi) is 2.88. The van der Waals surface area contributed by atoms with Gasteiger partial charge in [-0.15, -0.1) is 0 Å². The van der Waals surface area contributed by atoms with E-state index >= 15 is 0 Å². The van der Waals surface area contributed by atoms with E-state index in [0.717, 1.165) is 5.56 Å². The molecule has 2 N–H and O–H groups in total. The molecule has 1 aromatic carbocycles. The van der Waals surface area contributed by atoms with E-state index in [1.165, 1.54) is 12.1 Å². The van der Waals surface area contributed by atoms with Crippen LogP contribution in [0.15, 0.2) is 41.1 Å². The van der Waals surface area contributed by atoms with Gasteiger partial charge in [-0.25, -0.2) is 4.39 Å². The predicted molar refractivity (Wildman–Crippen MR) is 59.0 cm³/mol. The number of benzene rings is 1.